The van der Waals surface area contributed by atoms with Crippen molar-refractivity contribution in [1.82, 2.24) is 14.9 Å². The van der Waals surface area contributed by atoms with Crippen LogP contribution in [0.1, 0.15) is 23.3 Å². The summed E-state index contributed by atoms with van der Waals surface area (Å²) in [7, 11) is 1.79. The molecule has 158 valence electrons. The van der Waals surface area contributed by atoms with Crippen LogP contribution in [0.5, 0.6) is 0 Å². The Bertz CT molecular complexity index is 982. The predicted octanol–water partition coefficient (Wildman–Crippen LogP) is 3.02. The fourth-order valence-electron chi connectivity index (χ4n) is 3.62. The number of halogens is 2. The monoisotopic (exact) mass is 492 g/mol. The van der Waals surface area contributed by atoms with Gasteiger partial charge in [-0.2, -0.15) is 0 Å². The molecule has 0 radical (unpaired) electrons. The zero-order chi connectivity index (χ0) is 21.3. The molecular formula is C20H22BrClN6O2. The number of hydrogen-bond donors (Lipinski definition) is 1. The SMILES string of the molecule is CN1CCN(c2ccc(Br)cc2NC(=O)c2nc(N3CCCC3)ncc2Cl)CC1=O. The molecule has 0 atom stereocenters. The highest BCUT2D eigenvalue weighted by atomic mass is 79.9. The van der Waals surface area contributed by atoms with E-state index in [1.54, 1.807) is 11.9 Å². The summed E-state index contributed by atoms with van der Waals surface area (Å²) >= 11 is 9.70. The van der Waals surface area contributed by atoms with E-state index >= 15 is 0 Å². The molecular weight excluding hydrogens is 472 g/mol. The van der Waals surface area contributed by atoms with Gasteiger partial charge in [0.2, 0.25) is 11.9 Å². The number of piperazine rings is 1. The van der Waals surface area contributed by atoms with Crippen molar-refractivity contribution in [3.05, 3.63) is 39.6 Å². The highest BCUT2D eigenvalue weighted by molar-refractivity contribution is 9.10. The maximum atomic E-state index is 13.1. The molecule has 0 bridgehead atoms. The fourth-order valence-corrected chi connectivity index (χ4v) is 4.15. The van der Waals surface area contributed by atoms with Crippen molar-refractivity contribution in [2.75, 3.05) is 54.9 Å². The first-order valence-electron chi connectivity index (χ1n) is 9.79. The molecule has 30 heavy (non-hydrogen) atoms. The Morgan fingerprint density at radius 3 is 2.67 bits per heavy atom. The van der Waals surface area contributed by atoms with Gasteiger partial charge in [-0.1, -0.05) is 27.5 Å². The second-order valence-corrected chi connectivity index (χ2v) is 8.74. The highest BCUT2D eigenvalue weighted by Gasteiger charge is 2.25. The standard InChI is InChI=1S/C20H22BrClN6O2/c1-26-8-9-28(12-17(26)29)16-5-4-13(21)10-15(16)24-19(30)18-14(22)11-23-20(25-18)27-6-2-3-7-27/h4-5,10-11H,2-3,6-9,12H2,1H3,(H,24,30). The van der Waals surface area contributed by atoms with Crippen molar-refractivity contribution >= 4 is 56.7 Å². The van der Waals surface area contributed by atoms with E-state index in [2.05, 4.69) is 31.2 Å². The topological polar surface area (TPSA) is 81.7 Å². The fraction of sp³-hybridized carbons (Fsp3) is 0.400. The third kappa shape index (κ3) is 4.37. The normalized spacial score (nSPS) is 16.9. The van der Waals surface area contributed by atoms with Gasteiger partial charge in [-0.25, -0.2) is 9.97 Å². The molecule has 0 saturated carbocycles. The van der Waals surface area contributed by atoms with E-state index in [4.69, 9.17) is 11.6 Å². The van der Waals surface area contributed by atoms with Crippen molar-refractivity contribution in [2.45, 2.75) is 12.8 Å². The molecule has 1 N–H and O–H groups in total. The Hall–Kier alpha value is -2.39. The lowest BCUT2D eigenvalue weighted by molar-refractivity contribution is -0.129. The van der Waals surface area contributed by atoms with Gasteiger partial charge in [-0.3, -0.25) is 9.59 Å². The van der Waals surface area contributed by atoms with Crippen molar-refractivity contribution in [1.29, 1.82) is 0 Å². The van der Waals surface area contributed by atoms with Gasteiger partial charge < -0.3 is 20.0 Å². The van der Waals surface area contributed by atoms with E-state index in [9.17, 15) is 9.59 Å². The Morgan fingerprint density at radius 1 is 1.17 bits per heavy atom. The molecule has 4 rings (SSSR count). The largest absolute Gasteiger partial charge is 0.359 e. The zero-order valence-corrected chi connectivity index (χ0v) is 18.9. The number of hydrogen-bond acceptors (Lipinski definition) is 6. The van der Waals surface area contributed by atoms with E-state index < -0.39 is 5.91 Å². The molecule has 10 heteroatoms. The molecule has 1 aromatic carbocycles. The van der Waals surface area contributed by atoms with Crippen LogP contribution in [0.2, 0.25) is 5.02 Å². The Balaban J connectivity index is 1.60. The number of nitrogens with zero attached hydrogens (tertiary/aromatic N) is 5. The van der Waals surface area contributed by atoms with Crippen LogP contribution in [-0.2, 0) is 4.79 Å². The lowest BCUT2D eigenvalue weighted by atomic mass is 10.2. The third-order valence-corrected chi connectivity index (χ3v) is 6.11. The third-order valence-electron chi connectivity index (χ3n) is 5.34. The van der Waals surface area contributed by atoms with Gasteiger partial charge >= 0.3 is 0 Å². The summed E-state index contributed by atoms with van der Waals surface area (Å²) in [5.74, 6) is 0.138. The van der Waals surface area contributed by atoms with Gasteiger partial charge in [0.05, 0.1) is 29.1 Å². The van der Waals surface area contributed by atoms with E-state index in [1.165, 1.54) is 6.20 Å². The number of aromatic nitrogens is 2. The average molecular weight is 494 g/mol. The Morgan fingerprint density at radius 2 is 1.93 bits per heavy atom. The summed E-state index contributed by atoms with van der Waals surface area (Å²) in [5, 5.41) is 3.12. The molecule has 0 aliphatic carbocycles. The van der Waals surface area contributed by atoms with Crippen LogP contribution in [0.25, 0.3) is 0 Å². The number of carbonyl (C=O) groups is 2. The summed E-state index contributed by atoms with van der Waals surface area (Å²) in [6.07, 6.45) is 3.63. The predicted molar refractivity (Wildman–Crippen MR) is 120 cm³/mol. The van der Waals surface area contributed by atoms with Crippen LogP contribution in [0.3, 0.4) is 0 Å². The van der Waals surface area contributed by atoms with Crippen molar-refractivity contribution in [3.63, 3.8) is 0 Å². The zero-order valence-electron chi connectivity index (χ0n) is 16.6. The van der Waals surface area contributed by atoms with E-state index in [-0.39, 0.29) is 23.2 Å². The maximum Gasteiger partial charge on any atom is 0.276 e. The molecule has 0 spiro atoms. The number of rotatable bonds is 4. The second kappa shape index (κ2) is 8.77. The van der Waals surface area contributed by atoms with Crippen molar-refractivity contribution in [3.8, 4) is 0 Å². The minimum absolute atomic E-state index is 0.0375. The van der Waals surface area contributed by atoms with E-state index in [1.807, 2.05) is 28.0 Å². The number of carbonyl (C=O) groups excluding carboxylic acids is 2. The van der Waals surface area contributed by atoms with Crippen LogP contribution < -0.4 is 15.1 Å². The average Bonchev–Trinajstić information content (AvgIpc) is 3.25. The molecule has 2 fully saturated rings. The quantitative estimate of drug-likeness (QED) is 0.705. The first-order valence-corrected chi connectivity index (χ1v) is 11.0. The summed E-state index contributed by atoms with van der Waals surface area (Å²) in [5.41, 5.74) is 1.50. The first-order chi connectivity index (χ1) is 14.4. The summed E-state index contributed by atoms with van der Waals surface area (Å²) in [6, 6.07) is 5.58. The van der Waals surface area contributed by atoms with Crippen molar-refractivity contribution in [2.24, 2.45) is 0 Å². The number of anilines is 3. The summed E-state index contributed by atoms with van der Waals surface area (Å²) in [4.78, 5) is 39.6. The van der Waals surface area contributed by atoms with Gasteiger partial charge in [0.15, 0.2) is 5.69 Å². The van der Waals surface area contributed by atoms with Crippen molar-refractivity contribution < 1.29 is 9.59 Å². The molecule has 3 heterocycles. The number of likely N-dealkylation sites (N-methyl/N-ethyl adjacent to an activating group) is 1. The Labute approximate surface area is 188 Å². The second-order valence-electron chi connectivity index (χ2n) is 7.41. The maximum absolute atomic E-state index is 13.1. The molecule has 8 nitrogen and oxygen atoms in total. The molecule has 2 aliphatic rings. The molecule has 2 amide bonds. The van der Waals surface area contributed by atoms with Gasteiger partial charge in [-0.15, -0.1) is 0 Å². The van der Waals surface area contributed by atoms with Gasteiger partial charge in [0.1, 0.15) is 0 Å². The van der Waals surface area contributed by atoms with Crippen LogP contribution in [0.4, 0.5) is 17.3 Å². The molecule has 0 unspecified atom stereocenters. The molecule has 2 aliphatic heterocycles. The summed E-state index contributed by atoms with van der Waals surface area (Å²) in [6.45, 7) is 3.31. The lowest BCUT2D eigenvalue weighted by Gasteiger charge is -2.34. The summed E-state index contributed by atoms with van der Waals surface area (Å²) < 4.78 is 0.813. The lowest BCUT2D eigenvalue weighted by Crippen LogP contribution is -2.48. The van der Waals surface area contributed by atoms with Gasteiger partial charge in [0, 0.05) is 37.7 Å². The number of nitrogens with one attached hydrogen (secondary N) is 1. The van der Waals surface area contributed by atoms with Gasteiger partial charge in [0.25, 0.3) is 5.91 Å². The van der Waals surface area contributed by atoms with E-state index in [0.717, 1.165) is 36.1 Å². The number of benzene rings is 1. The smallest absolute Gasteiger partial charge is 0.276 e. The minimum Gasteiger partial charge on any atom is -0.359 e. The molecule has 1 aromatic heterocycles. The molecule has 2 saturated heterocycles. The Kier molecular flexibility index (Phi) is 6.10. The van der Waals surface area contributed by atoms with Gasteiger partial charge in [-0.05, 0) is 31.0 Å². The molecule has 2 aromatic rings. The first kappa shape index (κ1) is 20.9. The van der Waals surface area contributed by atoms with Crippen LogP contribution in [0.15, 0.2) is 28.9 Å². The van der Waals surface area contributed by atoms with Crippen LogP contribution in [-0.4, -0.2) is 66.5 Å². The van der Waals surface area contributed by atoms with Crippen LogP contribution >= 0.6 is 27.5 Å². The minimum atomic E-state index is -0.414. The van der Waals surface area contributed by atoms with E-state index in [0.29, 0.717) is 24.7 Å². The number of amides is 2. The highest BCUT2D eigenvalue weighted by Crippen LogP contribution is 2.31. The van der Waals surface area contributed by atoms with Crippen LogP contribution in [0, 0.1) is 0 Å².